The van der Waals surface area contributed by atoms with Gasteiger partial charge in [-0.25, -0.2) is 4.39 Å². The van der Waals surface area contributed by atoms with Crippen molar-refractivity contribution in [2.24, 2.45) is 10.7 Å². The highest BCUT2D eigenvalue weighted by molar-refractivity contribution is 6.30. The Morgan fingerprint density at radius 3 is 2.62 bits per heavy atom. The van der Waals surface area contributed by atoms with Crippen LogP contribution in [0.4, 0.5) is 10.1 Å². The molecule has 5 heteroatoms. The zero-order valence-electron chi connectivity index (χ0n) is 11.6. The van der Waals surface area contributed by atoms with Crippen LogP contribution in [0.5, 0.6) is 0 Å². The van der Waals surface area contributed by atoms with E-state index in [1.54, 1.807) is 12.1 Å². The van der Waals surface area contributed by atoms with Crippen LogP contribution in [-0.2, 0) is 5.54 Å². The smallest absolute Gasteiger partial charge is 0.196 e. The quantitative estimate of drug-likeness (QED) is 0.922. The Bertz CT molecular complexity index is 699. The number of rotatable bonds is 2. The van der Waals surface area contributed by atoms with E-state index in [0.717, 1.165) is 11.3 Å². The lowest BCUT2D eigenvalue weighted by molar-refractivity contribution is 0.532. The van der Waals surface area contributed by atoms with Gasteiger partial charge in [0.25, 0.3) is 0 Å². The molecule has 0 saturated heterocycles. The first-order valence-electron chi connectivity index (χ1n) is 6.62. The molecule has 0 aromatic heterocycles. The van der Waals surface area contributed by atoms with Gasteiger partial charge in [0.1, 0.15) is 5.82 Å². The molecule has 0 aliphatic carbocycles. The highest BCUT2D eigenvalue weighted by atomic mass is 35.5. The van der Waals surface area contributed by atoms with Gasteiger partial charge in [0.05, 0.1) is 12.1 Å². The van der Waals surface area contributed by atoms with Gasteiger partial charge in [0.15, 0.2) is 5.96 Å². The van der Waals surface area contributed by atoms with E-state index < -0.39 is 5.54 Å². The number of nitrogens with two attached hydrogens (primary N) is 1. The van der Waals surface area contributed by atoms with Crippen LogP contribution in [0.15, 0.2) is 53.5 Å². The van der Waals surface area contributed by atoms with E-state index >= 15 is 0 Å². The van der Waals surface area contributed by atoms with Crippen LogP contribution in [0, 0.1) is 5.82 Å². The molecule has 2 aromatic rings. The van der Waals surface area contributed by atoms with Crippen molar-refractivity contribution in [2.45, 2.75) is 12.5 Å². The molecule has 3 rings (SSSR count). The predicted molar refractivity (Wildman–Crippen MR) is 84.2 cm³/mol. The number of aliphatic imine (C=N–C) groups is 1. The molecule has 0 bridgehead atoms. The lowest BCUT2D eigenvalue weighted by atomic mass is 9.90. The molecule has 1 unspecified atom stereocenters. The summed E-state index contributed by atoms with van der Waals surface area (Å²) in [6.07, 6.45) is 0. The van der Waals surface area contributed by atoms with Gasteiger partial charge in [-0.1, -0.05) is 23.7 Å². The zero-order valence-corrected chi connectivity index (χ0v) is 12.3. The summed E-state index contributed by atoms with van der Waals surface area (Å²) >= 11 is 6.10. The molecule has 1 heterocycles. The second kappa shape index (κ2) is 5.04. The normalized spacial score (nSPS) is 21.5. The van der Waals surface area contributed by atoms with E-state index in [2.05, 4.69) is 4.99 Å². The second-order valence-corrected chi connectivity index (χ2v) is 5.71. The van der Waals surface area contributed by atoms with Crippen LogP contribution in [0.3, 0.4) is 0 Å². The van der Waals surface area contributed by atoms with E-state index in [0.29, 0.717) is 17.5 Å². The molecule has 0 fully saturated rings. The molecule has 1 atom stereocenters. The van der Waals surface area contributed by atoms with Crippen LogP contribution in [-0.4, -0.2) is 12.5 Å². The molecular formula is C16H15ClFN3. The number of anilines is 1. The largest absolute Gasteiger partial charge is 0.369 e. The zero-order chi connectivity index (χ0) is 15.0. The average molecular weight is 304 g/mol. The predicted octanol–water partition coefficient (Wildman–Crippen LogP) is 3.53. The number of halogens is 2. The van der Waals surface area contributed by atoms with Gasteiger partial charge < -0.3 is 10.6 Å². The highest BCUT2D eigenvalue weighted by Crippen LogP contribution is 2.37. The Kier molecular flexibility index (Phi) is 3.33. The summed E-state index contributed by atoms with van der Waals surface area (Å²) in [6, 6.07) is 13.9. The number of hydrogen-bond acceptors (Lipinski definition) is 3. The van der Waals surface area contributed by atoms with Gasteiger partial charge in [0, 0.05) is 10.7 Å². The first-order valence-corrected chi connectivity index (χ1v) is 7.00. The Hall–Kier alpha value is -2.07. The molecule has 0 spiro atoms. The van der Waals surface area contributed by atoms with Crippen molar-refractivity contribution in [3.8, 4) is 0 Å². The van der Waals surface area contributed by atoms with Gasteiger partial charge in [-0.2, -0.15) is 0 Å². The molecule has 0 amide bonds. The number of benzene rings is 2. The molecule has 1 aliphatic heterocycles. The van der Waals surface area contributed by atoms with Crippen LogP contribution in [0.1, 0.15) is 12.5 Å². The summed E-state index contributed by atoms with van der Waals surface area (Å²) in [4.78, 5) is 6.27. The lowest BCUT2D eigenvalue weighted by Crippen LogP contribution is -2.47. The van der Waals surface area contributed by atoms with E-state index in [1.807, 2.05) is 36.1 Å². The standard InChI is InChI=1S/C16H15ClFN3/c1-16(11-3-2-4-12(17)9-11)10-20-15(19)21(16)14-7-5-13(18)6-8-14/h2-9H,10H2,1H3,(H2,19,20). The van der Waals surface area contributed by atoms with Crippen molar-refractivity contribution in [3.63, 3.8) is 0 Å². The second-order valence-electron chi connectivity index (χ2n) is 5.27. The molecule has 0 saturated carbocycles. The summed E-state index contributed by atoms with van der Waals surface area (Å²) in [5, 5.41) is 0.665. The van der Waals surface area contributed by atoms with Crippen molar-refractivity contribution in [1.29, 1.82) is 0 Å². The van der Waals surface area contributed by atoms with Crippen LogP contribution in [0.2, 0.25) is 5.02 Å². The van der Waals surface area contributed by atoms with Crippen LogP contribution in [0.25, 0.3) is 0 Å². The summed E-state index contributed by atoms with van der Waals surface area (Å²) in [5.74, 6) is 0.141. The molecule has 2 N–H and O–H groups in total. The third-order valence-corrected chi connectivity index (χ3v) is 4.04. The minimum atomic E-state index is -0.438. The summed E-state index contributed by atoms with van der Waals surface area (Å²) < 4.78 is 13.1. The van der Waals surface area contributed by atoms with E-state index in [1.165, 1.54) is 12.1 Å². The Morgan fingerprint density at radius 1 is 1.24 bits per heavy atom. The summed E-state index contributed by atoms with van der Waals surface area (Å²) in [5.41, 5.74) is 7.43. The topological polar surface area (TPSA) is 41.6 Å². The maximum atomic E-state index is 13.1. The molecular weight excluding hydrogens is 289 g/mol. The maximum absolute atomic E-state index is 13.1. The van der Waals surface area contributed by atoms with Gasteiger partial charge in [0.2, 0.25) is 0 Å². The number of hydrogen-bond donors (Lipinski definition) is 1. The Balaban J connectivity index is 2.07. The van der Waals surface area contributed by atoms with Gasteiger partial charge in [-0.05, 0) is 48.9 Å². The van der Waals surface area contributed by atoms with E-state index in [-0.39, 0.29) is 5.82 Å². The average Bonchev–Trinajstić information content (AvgIpc) is 2.77. The van der Waals surface area contributed by atoms with E-state index in [4.69, 9.17) is 17.3 Å². The highest BCUT2D eigenvalue weighted by Gasteiger charge is 2.40. The van der Waals surface area contributed by atoms with E-state index in [9.17, 15) is 4.39 Å². The first-order chi connectivity index (χ1) is 10.0. The Labute approximate surface area is 127 Å². The van der Waals surface area contributed by atoms with Crippen LogP contribution >= 0.6 is 11.6 Å². The van der Waals surface area contributed by atoms with Gasteiger partial charge in [-0.15, -0.1) is 0 Å². The third kappa shape index (κ3) is 2.36. The molecule has 3 nitrogen and oxygen atoms in total. The van der Waals surface area contributed by atoms with Crippen molar-refractivity contribution in [1.82, 2.24) is 0 Å². The molecule has 21 heavy (non-hydrogen) atoms. The minimum absolute atomic E-state index is 0.280. The monoisotopic (exact) mass is 303 g/mol. The maximum Gasteiger partial charge on any atom is 0.196 e. The van der Waals surface area contributed by atoms with Crippen molar-refractivity contribution in [3.05, 3.63) is 64.9 Å². The third-order valence-electron chi connectivity index (χ3n) is 3.80. The van der Waals surface area contributed by atoms with Crippen molar-refractivity contribution in [2.75, 3.05) is 11.4 Å². The first kappa shape index (κ1) is 13.9. The summed E-state index contributed by atoms with van der Waals surface area (Å²) in [7, 11) is 0. The SMILES string of the molecule is CC1(c2cccc(Cl)c2)CN=C(N)N1c1ccc(F)cc1. The molecule has 2 aromatic carbocycles. The fourth-order valence-corrected chi connectivity index (χ4v) is 2.87. The summed E-state index contributed by atoms with van der Waals surface area (Å²) in [6.45, 7) is 2.57. The van der Waals surface area contributed by atoms with Gasteiger partial charge >= 0.3 is 0 Å². The fraction of sp³-hybridized carbons (Fsp3) is 0.188. The van der Waals surface area contributed by atoms with Gasteiger partial charge in [-0.3, -0.25) is 4.99 Å². The molecule has 0 radical (unpaired) electrons. The number of guanidine groups is 1. The lowest BCUT2D eigenvalue weighted by Gasteiger charge is -2.36. The van der Waals surface area contributed by atoms with Crippen molar-refractivity contribution >= 4 is 23.2 Å². The fourth-order valence-electron chi connectivity index (χ4n) is 2.68. The van der Waals surface area contributed by atoms with Crippen molar-refractivity contribution < 1.29 is 4.39 Å². The molecule has 108 valence electrons. The Morgan fingerprint density at radius 2 is 1.95 bits per heavy atom. The molecule has 1 aliphatic rings. The number of nitrogens with zero attached hydrogens (tertiary/aromatic N) is 2. The minimum Gasteiger partial charge on any atom is -0.369 e. The van der Waals surface area contributed by atoms with Crippen LogP contribution < -0.4 is 10.6 Å².